The average Bonchev–Trinajstić information content (AvgIpc) is 2.47. The second-order valence-corrected chi connectivity index (χ2v) is 6.22. The minimum Gasteiger partial charge on any atom is -0.335 e. The monoisotopic (exact) mass is 374 g/mol. The van der Waals surface area contributed by atoms with E-state index < -0.39 is 4.92 Å². The molecule has 1 amide bonds. The molecule has 0 aromatic heterocycles. The topological polar surface area (TPSA) is 63.4 Å². The largest absolute Gasteiger partial charge is 0.335 e. The number of carbonyl (C=O) groups excluding carboxylic acids is 1. The minimum atomic E-state index is -0.553. The molecule has 1 aromatic carbocycles. The zero-order valence-corrected chi connectivity index (χ0v) is 13.8. The number of hydrogen-bond acceptors (Lipinski definition) is 3. The van der Waals surface area contributed by atoms with Crippen LogP contribution in [-0.4, -0.2) is 33.6 Å². The molecule has 0 spiro atoms. The van der Waals surface area contributed by atoms with Crippen molar-refractivity contribution in [1.82, 2.24) is 4.90 Å². The first kappa shape index (κ1) is 16.2. The second kappa shape index (κ2) is 7.22. The van der Waals surface area contributed by atoms with Crippen molar-refractivity contribution in [2.45, 2.75) is 31.7 Å². The van der Waals surface area contributed by atoms with Crippen LogP contribution in [0.5, 0.6) is 0 Å². The first-order valence-corrected chi connectivity index (χ1v) is 8.36. The number of likely N-dealkylation sites (tertiary alicyclic amines) is 1. The Bertz CT molecular complexity index is 551. The number of alkyl halides is 1. The predicted molar refractivity (Wildman–Crippen MR) is 85.2 cm³/mol. The molecule has 1 aliphatic rings. The standard InChI is InChI=1S/C14H16BrClN2O3/c15-8-7-10-4-1-2-9-17(10)14(19)13-11(16)5-3-6-12(13)18(20)21/h3,5-6,10H,1-2,4,7-9H2. The van der Waals surface area contributed by atoms with Gasteiger partial charge < -0.3 is 4.90 Å². The van der Waals surface area contributed by atoms with Crippen LogP contribution in [0.4, 0.5) is 5.69 Å². The maximum Gasteiger partial charge on any atom is 0.283 e. The van der Waals surface area contributed by atoms with E-state index >= 15 is 0 Å². The summed E-state index contributed by atoms with van der Waals surface area (Å²) in [5.74, 6) is -0.335. The third kappa shape index (κ3) is 3.55. The second-order valence-electron chi connectivity index (χ2n) is 5.02. The third-order valence-corrected chi connectivity index (χ3v) is 4.51. The molecule has 1 heterocycles. The van der Waals surface area contributed by atoms with Gasteiger partial charge in [0.1, 0.15) is 5.56 Å². The summed E-state index contributed by atoms with van der Waals surface area (Å²) in [7, 11) is 0. The third-order valence-electron chi connectivity index (χ3n) is 3.73. The lowest BCUT2D eigenvalue weighted by atomic mass is 9.98. The molecule has 1 fully saturated rings. The molecule has 0 saturated carbocycles. The van der Waals surface area contributed by atoms with Gasteiger partial charge in [-0.2, -0.15) is 0 Å². The molecule has 1 unspecified atom stereocenters. The molecule has 0 radical (unpaired) electrons. The molecule has 21 heavy (non-hydrogen) atoms. The molecule has 0 N–H and O–H groups in total. The lowest BCUT2D eigenvalue weighted by Crippen LogP contribution is -2.44. The fourth-order valence-electron chi connectivity index (χ4n) is 2.71. The molecule has 7 heteroatoms. The predicted octanol–water partition coefficient (Wildman–Crippen LogP) is 4.03. The van der Waals surface area contributed by atoms with Gasteiger partial charge in [-0.05, 0) is 31.7 Å². The van der Waals surface area contributed by atoms with Crippen molar-refractivity contribution in [3.63, 3.8) is 0 Å². The van der Waals surface area contributed by atoms with Crippen molar-refractivity contribution in [2.24, 2.45) is 0 Å². The Balaban J connectivity index is 2.36. The highest BCUT2D eigenvalue weighted by atomic mass is 79.9. The van der Waals surface area contributed by atoms with Crippen molar-refractivity contribution >= 4 is 39.1 Å². The van der Waals surface area contributed by atoms with Crippen molar-refractivity contribution < 1.29 is 9.72 Å². The van der Waals surface area contributed by atoms with E-state index in [-0.39, 0.29) is 28.2 Å². The average molecular weight is 376 g/mol. The molecule has 1 atom stereocenters. The summed E-state index contributed by atoms with van der Waals surface area (Å²) in [4.78, 5) is 25.1. The zero-order chi connectivity index (χ0) is 15.4. The SMILES string of the molecule is O=C(c1c(Cl)cccc1[N+](=O)[O-])N1CCCCC1CCBr. The number of nitro benzene ring substituents is 1. The highest BCUT2D eigenvalue weighted by molar-refractivity contribution is 9.09. The van der Waals surface area contributed by atoms with Gasteiger partial charge in [-0.3, -0.25) is 14.9 Å². The molecule has 1 aromatic rings. The first-order valence-electron chi connectivity index (χ1n) is 6.86. The fraction of sp³-hybridized carbons (Fsp3) is 0.500. The summed E-state index contributed by atoms with van der Waals surface area (Å²) in [5.41, 5.74) is -0.221. The van der Waals surface area contributed by atoms with Crippen molar-refractivity contribution in [1.29, 1.82) is 0 Å². The Labute approximate surface area is 136 Å². The summed E-state index contributed by atoms with van der Waals surface area (Å²) in [6.07, 6.45) is 3.76. The maximum absolute atomic E-state index is 12.8. The van der Waals surface area contributed by atoms with Gasteiger partial charge in [0.25, 0.3) is 11.6 Å². The van der Waals surface area contributed by atoms with E-state index in [4.69, 9.17) is 11.6 Å². The first-order chi connectivity index (χ1) is 10.1. The fourth-order valence-corrected chi connectivity index (χ4v) is 3.49. The van der Waals surface area contributed by atoms with Crippen LogP contribution >= 0.6 is 27.5 Å². The van der Waals surface area contributed by atoms with Crippen molar-refractivity contribution in [2.75, 3.05) is 11.9 Å². The molecular formula is C14H16BrClN2O3. The highest BCUT2D eigenvalue weighted by Gasteiger charge is 2.32. The van der Waals surface area contributed by atoms with Crippen LogP contribution in [0.25, 0.3) is 0 Å². The van der Waals surface area contributed by atoms with E-state index in [1.807, 2.05) is 0 Å². The van der Waals surface area contributed by atoms with Crippen molar-refractivity contribution in [3.8, 4) is 0 Å². The van der Waals surface area contributed by atoms with Crippen molar-refractivity contribution in [3.05, 3.63) is 38.9 Å². The number of benzene rings is 1. The zero-order valence-electron chi connectivity index (χ0n) is 11.4. The van der Waals surface area contributed by atoms with Crippen LogP contribution in [0.2, 0.25) is 5.02 Å². The number of nitrogens with zero attached hydrogens (tertiary/aromatic N) is 2. The van der Waals surface area contributed by atoms with E-state index in [1.165, 1.54) is 18.2 Å². The number of nitro groups is 1. The molecule has 1 saturated heterocycles. The number of piperidine rings is 1. The van der Waals surface area contributed by atoms with Gasteiger partial charge in [0.05, 0.1) is 9.95 Å². The van der Waals surface area contributed by atoms with Gasteiger partial charge in [-0.15, -0.1) is 0 Å². The van der Waals surface area contributed by atoms with Gasteiger partial charge >= 0.3 is 0 Å². The summed E-state index contributed by atoms with van der Waals surface area (Å²) in [5, 5.41) is 12.1. The smallest absolute Gasteiger partial charge is 0.283 e. The number of amides is 1. The summed E-state index contributed by atoms with van der Waals surface area (Å²) in [6.45, 7) is 0.624. The van der Waals surface area contributed by atoms with Gasteiger partial charge in [0.2, 0.25) is 0 Å². The quantitative estimate of drug-likeness (QED) is 0.453. The summed E-state index contributed by atoms with van der Waals surface area (Å²) in [6, 6.07) is 4.44. The molecule has 2 rings (SSSR count). The Morgan fingerprint density at radius 1 is 1.48 bits per heavy atom. The van der Waals surface area contributed by atoms with Crippen LogP contribution < -0.4 is 0 Å². The Morgan fingerprint density at radius 2 is 2.24 bits per heavy atom. The van der Waals surface area contributed by atoms with Gasteiger partial charge in [-0.25, -0.2) is 0 Å². The molecule has 0 aliphatic carbocycles. The number of halogens is 2. The highest BCUT2D eigenvalue weighted by Crippen LogP contribution is 2.30. The normalized spacial score (nSPS) is 18.6. The van der Waals surface area contributed by atoms with Gasteiger partial charge in [0.15, 0.2) is 0 Å². The van der Waals surface area contributed by atoms with E-state index in [9.17, 15) is 14.9 Å². The number of rotatable bonds is 4. The van der Waals surface area contributed by atoms with Gasteiger partial charge in [0, 0.05) is 24.0 Å². The van der Waals surface area contributed by atoms with E-state index in [0.717, 1.165) is 31.0 Å². The van der Waals surface area contributed by atoms with E-state index in [2.05, 4.69) is 15.9 Å². The van der Waals surface area contributed by atoms with Crippen LogP contribution in [0.3, 0.4) is 0 Å². The lowest BCUT2D eigenvalue weighted by molar-refractivity contribution is -0.385. The van der Waals surface area contributed by atoms with E-state index in [0.29, 0.717) is 6.54 Å². The Morgan fingerprint density at radius 3 is 2.90 bits per heavy atom. The molecule has 1 aliphatic heterocycles. The van der Waals surface area contributed by atoms with Crippen LogP contribution in [-0.2, 0) is 0 Å². The van der Waals surface area contributed by atoms with Crippen LogP contribution in [0.15, 0.2) is 18.2 Å². The molecule has 5 nitrogen and oxygen atoms in total. The molecule has 0 bridgehead atoms. The van der Waals surface area contributed by atoms with Crippen LogP contribution in [0.1, 0.15) is 36.0 Å². The Kier molecular flexibility index (Phi) is 5.58. The number of carbonyl (C=O) groups is 1. The van der Waals surface area contributed by atoms with Crippen LogP contribution in [0, 0.1) is 10.1 Å². The maximum atomic E-state index is 12.8. The summed E-state index contributed by atoms with van der Waals surface area (Å²) >= 11 is 9.45. The van der Waals surface area contributed by atoms with Gasteiger partial charge in [-0.1, -0.05) is 33.6 Å². The Hall–Kier alpha value is -1.14. The lowest BCUT2D eigenvalue weighted by Gasteiger charge is -2.35. The molecule has 114 valence electrons. The summed E-state index contributed by atoms with van der Waals surface area (Å²) < 4.78 is 0. The molecular weight excluding hydrogens is 360 g/mol. The van der Waals surface area contributed by atoms with E-state index in [1.54, 1.807) is 4.90 Å². The minimum absolute atomic E-state index is 0.00522. The number of hydrogen-bond donors (Lipinski definition) is 0.